The van der Waals surface area contributed by atoms with Gasteiger partial charge in [0.15, 0.2) is 0 Å². The Morgan fingerprint density at radius 1 is 1.11 bits per heavy atom. The van der Waals surface area contributed by atoms with Gasteiger partial charge in [-0.05, 0) is 42.2 Å². The van der Waals surface area contributed by atoms with Gasteiger partial charge < -0.3 is 4.90 Å². The molecule has 0 atom stereocenters. The molecule has 0 spiro atoms. The zero-order valence-corrected chi connectivity index (χ0v) is 20.8. The van der Waals surface area contributed by atoms with Crippen molar-refractivity contribution in [3.8, 4) is 0 Å². The maximum Gasteiger partial charge on any atom is 0.282 e. The van der Waals surface area contributed by atoms with Gasteiger partial charge in [-0.25, -0.2) is 8.78 Å². The van der Waals surface area contributed by atoms with Crippen molar-refractivity contribution in [2.45, 2.75) is 43.7 Å². The van der Waals surface area contributed by atoms with Gasteiger partial charge in [0.2, 0.25) is 0 Å². The molecule has 2 amide bonds. The van der Waals surface area contributed by atoms with Gasteiger partial charge in [0, 0.05) is 32.1 Å². The number of alkyl halides is 2. The van der Waals surface area contributed by atoms with Gasteiger partial charge in [0.1, 0.15) is 11.2 Å². The normalized spacial score (nSPS) is 16.1. The molecule has 0 radical (unpaired) electrons. The minimum absolute atomic E-state index is 0.194. The minimum Gasteiger partial charge on any atom is -0.320 e. The van der Waals surface area contributed by atoms with E-state index in [1.807, 2.05) is 24.3 Å². The van der Waals surface area contributed by atoms with Crippen LogP contribution in [0.5, 0.6) is 0 Å². The van der Waals surface area contributed by atoms with E-state index in [0.29, 0.717) is 28.6 Å². The molecule has 188 valence electrons. The molecular weight excluding hydrogens is 511 g/mol. The molecule has 0 saturated heterocycles. The lowest BCUT2D eigenvalue weighted by Gasteiger charge is -2.40. The number of fused-ring (bicyclic) bond motifs is 1. The number of aryl methyl sites for hydroxylation is 1. The number of nitrogens with one attached hydrogen (secondary N) is 2. The predicted molar refractivity (Wildman–Crippen MR) is 132 cm³/mol. The highest BCUT2D eigenvalue weighted by Crippen LogP contribution is 2.43. The van der Waals surface area contributed by atoms with E-state index in [9.17, 15) is 18.4 Å². The van der Waals surface area contributed by atoms with Crippen LogP contribution in [0.25, 0.3) is 0 Å². The molecule has 2 aliphatic rings. The van der Waals surface area contributed by atoms with Crippen molar-refractivity contribution < 1.29 is 18.4 Å². The summed E-state index contributed by atoms with van der Waals surface area (Å²) in [7, 11) is 1.49. The lowest BCUT2D eigenvalue weighted by Crippen LogP contribution is -2.63. The molecule has 0 unspecified atom stereocenters. The largest absolute Gasteiger partial charge is 0.320 e. The monoisotopic (exact) mass is 533 g/mol. The molecule has 1 heterocycles. The summed E-state index contributed by atoms with van der Waals surface area (Å²) in [6.45, 7) is 0. The fraction of sp³-hybridized carbons (Fsp3) is 0.320. The molecule has 36 heavy (non-hydrogen) atoms. The van der Waals surface area contributed by atoms with E-state index < -0.39 is 29.5 Å². The Morgan fingerprint density at radius 2 is 1.78 bits per heavy atom. The smallest absolute Gasteiger partial charge is 0.282 e. The van der Waals surface area contributed by atoms with Crippen molar-refractivity contribution in [3.63, 3.8) is 0 Å². The van der Waals surface area contributed by atoms with Crippen molar-refractivity contribution >= 4 is 40.7 Å². The first kappa shape index (κ1) is 24.5. The number of halogens is 4. The Labute approximate surface area is 216 Å². The standard InChI is InChI=1S/C25H23Cl2F2N5O2/c1-33-13-18(21(32-33)22(28)29)23(35)34(17-7-8-17)25(11-14-4-2-3-5-15(14)12-25)24(36)31-30-16-6-9-19(26)20(27)10-16/h2-6,9-10,13,17,22,30H,7-8,11-12H2,1H3,(H,31,36). The third-order valence-electron chi connectivity index (χ3n) is 6.63. The molecule has 1 aromatic heterocycles. The molecule has 5 rings (SSSR count). The predicted octanol–water partition coefficient (Wildman–Crippen LogP) is 4.95. The van der Waals surface area contributed by atoms with Crippen molar-refractivity contribution in [2.75, 3.05) is 5.43 Å². The second kappa shape index (κ2) is 9.37. The Balaban J connectivity index is 1.52. The summed E-state index contributed by atoms with van der Waals surface area (Å²) in [5, 5.41) is 4.48. The molecule has 2 aliphatic carbocycles. The molecule has 7 nitrogen and oxygen atoms in total. The third-order valence-corrected chi connectivity index (χ3v) is 7.37. The second-order valence-corrected chi connectivity index (χ2v) is 9.98. The quantitative estimate of drug-likeness (QED) is 0.421. The number of nitrogens with zero attached hydrogens (tertiary/aromatic N) is 3. The first-order valence-corrected chi connectivity index (χ1v) is 12.2. The maximum absolute atomic E-state index is 13.9. The fourth-order valence-electron chi connectivity index (χ4n) is 4.86. The highest BCUT2D eigenvalue weighted by atomic mass is 35.5. The van der Waals surface area contributed by atoms with Crippen LogP contribution in [0.3, 0.4) is 0 Å². The minimum atomic E-state index is -2.92. The third kappa shape index (κ3) is 4.41. The van der Waals surface area contributed by atoms with Crippen LogP contribution in [-0.4, -0.2) is 38.1 Å². The summed E-state index contributed by atoms with van der Waals surface area (Å²) >= 11 is 12.1. The van der Waals surface area contributed by atoms with Crippen LogP contribution >= 0.6 is 23.2 Å². The zero-order valence-electron chi connectivity index (χ0n) is 19.3. The van der Waals surface area contributed by atoms with E-state index in [1.54, 1.807) is 18.2 Å². The molecule has 0 bridgehead atoms. The van der Waals surface area contributed by atoms with E-state index in [-0.39, 0.29) is 24.4 Å². The van der Waals surface area contributed by atoms with Gasteiger partial charge in [-0.15, -0.1) is 0 Å². The second-order valence-electron chi connectivity index (χ2n) is 9.17. The van der Waals surface area contributed by atoms with Gasteiger partial charge in [-0.1, -0.05) is 47.5 Å². The average molecular weight is 534 g/mol. The summed E-state index contributed by atoms with van der Waals surface area (Å²) in [4.78, 5) is 29.3. The van der Waals surface area contributed by atoms with Gasteiger partial charge in [-0.2, -0.15) is 5.10 Å². The number of anilines is 1. The number of carbonyl (C=O) groups is 2. The SMILES string of the molecule is Cn1cc(C(=O)N(C2CC2)C2(C(=O)NNc3ccc(Cl)c(Cl)c3)Cc3ccccc3C2)c(C(F)F)n1. The summed E-state index contributed by atoms with van der Waals surface area (Å²) < 4.78 is 28.7. The Kier molecular flexibility index (Phi) is 6.38. The van der Waals surface area contributed by atoms with Crippen LogP contribution in [0.15, 0.2) is 48.7 Å². The summed E-state index contributed by atoms with van der Waals surface area (Å²) in [5.41, 5.74) is 5.83. The molecule has 3 aromatic rings. The van der Waals surface area contributed by atoms with Gasteiger partial charge in [0.25, 0.3) is 18.2 Å². The first-order chi connectivity index (χ1) is 17.2. The van der Waals surface area contributed by atoms with E-state index in [4.69, 9.17) is 23.2 Å². The van der Waals surface area contributed by atoms with Gasteiger partial charge in [-0.3, -0.25) is 25.1 Å². The number of aromatic nitrogens is 2. The molecular formula is C25H23Cl2F2N5O2. The Morgan fingerprint density at radius 3 is 2.36 bits per heavy atom. The molecule has 1 fully saturated rings. The topological polar surface area (TPSA) is 79.3 Å². The van der Waals surface area contributed by atoms with E-state index in [1.165, 1.54) is 22.8 Å². The lowest BCUT2D eigenvalue weighted by molar-refractivity contribution is -0.131. The van der Waals surface area contributed by atoms with Crippen LogP contribution in [0.1, 0.15) is 46.4 Å². The number of benzene rings is 2. The molecule has 2 aromatic carbocycles. The van der Waals surface area contributed by atoms with Gasteiger partial charge in [0.05, 0.1) is 21.3 Å². The van der Waals surface area contributed by atoms with E-state index in [0.717, 1.165) is 11.1 Å². The maximum atomic E-state index is 13.9. The van der Waals surface area contributed by atoms with Crippen molar-refractivity contribution in [1.82, 2.24) is 20.1 Å². The van der Waals surface area contributed by atoms with E-state index in [2.05, 4.69) is 16.0 Å². The van der Waals surface area contributed by atoms with Crippen molar-refractivity contribution in [3.05, 3.63) is 81.1 Å². The number of hydrogen-bond donors (Lipinski definition) is 2. The van der Waals surface area contributed by atoms with Gasteiger partial charge >= 0.3 is 0 Å². The number of rotatable bonds is 7. The Bertz CT molecular complexity index is 1320. The summed E-state index contributed by atoms with van der Waals surface area (Å²) in [6, 6.07) is 12.2. The number of hydrogen-bond acceptors (Lipinski definition) is 4. The molecule has 2 N–H and O–H groups in total. The average Bonchev–Trinajstić information content (AvgIpc) is 3.46. The first-order valence-electron chi connectivity index (χ1n) is 11.4. The zero-order chi connectivity index (χ0) is 25.6. The van der Waals surface area contributed by atoms with Crippen LogP contribution in [0.2, 0.25) is 10.0 Å². The number of hydrazine groups is 1. The molecule has 11 heteroatoms. The van der Waals surface area contributed by atoms with E-state index >= 15 is 0 Å². The highest BCUT2D eigenvalue weighted by Gasteiger charge is 2.55. The van der Waals surface area contributed by atoms with Crippen LogP contribution in [-0.2, 0) is 24.7 Å². The number of amides is 2. The van der Waals surface area contributed by atoms with Crippen molar-refractivity contribution in [1.29, 1.82) is 0 Å². The van der Waals surface area contributed by atoms with Crippen molar-refractivity contribution in [2.24, 2.45) is 7.05 Å². The molecule has 1 saturated carbocycles. The fourth-order valence-corrected chi connectivity index (χ4v) is 5.16. The Hall–Kier alpha value is -3.17. The van der Waals surface area contributed by atoms with Crippen LogP contribution < -0.4 is 10.9 Å². The highest BCUT2D eigenvalue weighted by molar-refractivity contribution is 6.42. The summed E-state index contributed by atoms with van der Waals surface area (Å²) in [6.07, 6.45) is 0.243. The lowest BCUT2D eigenvalue weighted by atomic mass is 9.90. The van der Waals surface area contributed by atoms with Crippen LogP contribution in [0.4, 0.5) is 14.5 Å². The number of carbonyl (C=O) groups excluding carboxylic acids is 2. The molecule has 0 aliphatic heterocycles. The van der Waals surface area contributed by atoms with Crippen LogP contribution in [0, 0.1) is 0 Å². The summed E-state index contributed by atoms with van der Waals surface area (Å²) in [5.74, 6) is -1.08.